The molecular formula is C10H21NO3. The van der Waals surface area contributed by atoms with Gasteiger partial charge in [-0.05, 0) is 33.1 Å². The van der Waals surface area contributed by atoms with Gasteiger partial charge in [0.15, 0.2) is 0 Å². The summed E-state index contributed by atoms with van der Waals surface area (Å²) >= 11 is 0. The molecule has 4 heteroatoms. The lowest BCUT2D eigenvalue weighted by Crippen LogP contribution is -2.34. The fraction of sp³-hybridized carbons (Fsp3) is 0.900. The van der Waals surface area contributed by atoms with Gasteiger partial charge in [0.05, 0.1) is 6.10 Å². The lowest BCUT2D eigenvalue weighted by atomic mass is 10.1. The Balaban J connectivity index is 3.50. The second-order valence-electron chi connectivity index (χ2n) is 3.73. The fourth-order valence-corrected chi connectivity index (χ4v) is 1.31. The smallest absolute Gasteiger partial charge is 0.220 e. The molecule has 2 atom stereocenters. The number of rotatable bonds is 7. The fourth-order valence-electron chi connectivity index (χ4n) is 1.31. The molecule has 0 aromatic heterocycles. The topological polar surface area (TPSA) is 69.6 Å². The first-order valence-corrected chi connectivity index (χ1v) is 5.14. The maximum absolute atomic E-state index is 11.2. The number of carbonyl (C=O) groups excluding carboxylic acids is 1. The van der Waals surface area contributed by atoms with Crippen molar-refractivity contribution in [3.63, 3.8) is 0 Å². The number of hydrogen-bond donors (Lipinski definition) is 3. The average Bonchev–Trinajstić information content (AvgIpc) is 2.02. The van der Waals surface area contributed by atoms with Crippen LogP contribution in [0.2, 0.25) is 0 Å². The van der Waals surface area contributed by atoms with Crippen molar-refractivity contribution in [1.82, 2.24) is 5.32 Å². The van der Waals surface area contributed by atoms with Crippen molar-refractivity contribution >= 4 is 5.91 Å². The number of carbonyl (C=O) groups is 1. The molecule has 3 N–H and O–H groups in total. The van der Waals surface area contributed by atoms with Gasteiger partial charge in [0, 0.05) is 19.1 Å². The van der Waals surface area contributed by atoms with Crippen LogP contribution in [0.1, 0.15) is 39.5 Å². The zero-order valence-corrected chi connectivity index (χ0v) is 8.99. The average molecular weight is 203 g/mol. The standard InChI is InChI=1S/C10H21NO3/c1-8(7-9(2)13)11-10(14)5-3-4-6-12/h8-9,12-13H,3-7H2,1-2H3,(H,11,14). The summed E-state index contributed by atoms with van der Waals surface area (Å²) in [5.74, 6) is -0.00778. The highest BCUT2D eigenvalue weighted by molar-refractivity contribution is 5.76. The molecule has 0 aromatic carbocycles. The number of unbranched alkanes of at least 4 members (excludes halogenated alkanes) is 1. The van der Waals surface area contributed by atoms with E-state index in [0.29, 0.717) is 25.7 Å². The second kappa shape index (κ2) is 7.76. The summed E-state index contributed by atoms with van der Waals surface area (Å²) in [6.45, 7) is 3.71. The lowest BCUT2D eigenvalue weighted by molar-refractivity contribution is -0.121. The molecule has 84 valence electrons. The number of amides is 1. The molecule has 0 saturated carbocycles. The minimum atomic E-state index is -0.386. The molecule has 0 saturated heterocycles. The van der Waals surface area contributed by atoms with Crippen LogP contribution in [0.5, 0.6) is 0 Å². The van der Waals surface area contributed by atoms with Gasteiger partial charge in [-0.15, -0.1) is 0 Å². The molecule has 0 aliphatic heterocycles. The van der Waals surface area contributed by atoms with E-state index < -0.39 is 0 Å². The van der Waals surface area contributed by atoms with E-state index >= 15 is 0 Å². The second-order valence-corrected chi connectivity index (χ2v) is 3.73. The van der Waals surface area contributed by atoms with Crippen molar-refractivity contribution in [3.05, 3.63) is 0 Å². The van der Waals surface area contributed by atoms with E-state index in [0.717, 1.165) is 0 Å². The minimum absolute atomic E-state index is 0.00778. The minimum Gasteiger partial charge on any atom is -0.396 e. The number of aliphatic hydroxyl groups excluding tert-OH is 2. The molecule has 0 aliphatic carbocycles. The molecular weight excluding hydrogens is 182 g/mol. The molecule has 0 aliphatic rings. The van der Waals surface area contributed by atoms with Crippen LogP contribution < -0.4 is 5.32 Å². The predicted molar refractivity (Wildman–Crippen MR) is 54.8 cm³/mol. The maximum atomic E-state index is 11.2. The van der Waals surface area contributed by atoms with E-state index in [4.69, 9.17) is 10.2 Å². The molecule has 0 aromatic rings. The summed E-state index contributed by atoms with van der Waals surface area (Å²) in [7, 11) is 0. The Bertz CT molecular complexity index is 159. The van der Waals surface area contributed by atoms with Crippen LogP contribution in [0.3, 0.4) is 0 Å². The molecule has 0 heterocycles. The van der Waals surface area contributed by atoms with Gasteiger partial charge in [0.25, 0.3) is 0 Å². The summed E-state index contributed by atoms with van der Waals surface area (Å²) in [6.07, 6.45) is 2.01. The summed E-state index contributed by atoms with van der Waals surface area (Å²) in [6, 6.07) is 0.0108. The number of aliphatic hydroxyl groups is 2. The van der Waals surface area contributed by atoms with Crippen LogP contribution in [0, 0.1) is 0 Å². The van der Waals surface area contributed by atoms with Gasteiger partial charge in [-0.3, -0.25) is 4.79 Å². The monoisotopic (exact) mass is 203 g/mol. The maximum Gasteiger partial charge on any atom is 0.220 e. The van der Waals surface area contributed by atoms with Gasteiger partial charge in [0.2, 0.25) is 5.91 Å². The Morgan fingerprint density at radius 2 is 2.00 bits per heavy atom. The summed E-state index contributed by atoms with van der Waals surface area (Å²) in [4.78, 5) is 11.2. The number of nitrogens with one attached hydrogen (secondary N) is 1. The van der Waals surface area contributed by atoms with Crippen molar-refractivity contribution in [1.29, 1.82) is 0 Å². The van der Waals surface area contributed by atoms with Gasteiger partial charge < -0.3 is 15.5 Å². The van der Waals surface area contributed by atoms with E-state index in [1.54, 1.807) is 6.92 Å². The van der Waals surface area contributed by atoms with Gasteiger partial charge >= 0.3 is 0 Å². The normalized spacial score (nSPS) is 14.9. The van der Waals surface area contributed by atoms with Crippen molar-refractivity contribution in [3.8, 4) is 0 Å². The first-order valence-electron chi connectivity index (χ1n) is 5.14. The van der Waals surface area contributed by atoms with E-state index in [1.165, 1.54) is 0 Å². The summed E-state index contributed by atoms with van der Waals surface area (Å²) in [5, 5.41) is 20.4. The Morgan fingerprint density at radius 3 is 2.50 bits per heavy atom. The van der Waals surface area contributed by atoms with Crippen molar-refractivity contribution < 1.29 is 15.0 Å². The van der Waals surface area contributed by atoms with Gasteiger partial charge in [-0.1, -0.05) is 0 Å². The van der Waals surface area contributed by atoms with Crippen LogP contribution in [0.25, 0.3) is 0 Å². The Kier molecular flexibility index (Phi) is 7.42. The highest BCUT2D eigenvalue weighted by Gasteiger charge is 2.08. The van der Waals surface area contributed by atoms with Gasteiger partial charge in [-0.25, -0.2) is 0 Å². The van der Waals surface area contributed by atoms with E-state index in [1.807, 2.05) is 6.92 Å². The van der Waals surface area contributed by atoms with Crippen LogP contribution in [-0.2, 0) is 4.79 Å². The van der Waals surface area contributed by atoms with Crippen molar-refractivity contribution in [2.24, 2.45) is 0 Å². The van der Waals surface area contributed by atoms with Crippen molar-refractivity contribution in [2.75, 3.05) is 6.61 Å². The third kappa shape index (κ3) is 8.01. The largest absolute Gasteiger partial charge is 0.396 e. The van der Waals surface area contributed by atoms with E-state index in [2.05, 4.69) is 5.32 Å². The summed E-state index contributed by atoms with van der Waals surface area (Å²) < 4.78 is 0. The van der Waals surface area contributed by atoms with Crippen molar-refractivity contribution in [2.45, 2.75) is 51.7 Å². The molecule has 14 heavy (non-hydrogen) atoms. The Hall–Kier alpha value is -0.610. The first kappa shape index (κ1) is 13.4. The molecule has 0 spiro atoms. The highest BCUT2D eigenvalue weighted by Crippen LogP contribution is 1.99. The Labute approximate surface area is 85.3 Å². The molecule has 4 nitrogen and oxygen atoms in total. The molecule has 0 radical (unpaired) electrons. The van der Waals surface area contributed by atoms with Gasteiger partial charge in [0.1, 0.15) is 0 Å². The predicted octanol–water partition coefficient (Wildman–Crippen LogP) is 0.425. The number of hydrogen-bond acceptors (Lipinski definition) is 3. The third-order valence-electron chi connectivity index (χ3n) is 1.91. The van der Waals surface area contributed by atoms with Crippen LogP contribution in [0.15, 0.2) is 0 Å². The zero-order valence-electron chi connectivity index (χ0n) is 8.99. The van der Waals surface area contributed by atoms with Crippen LogP contribution >= 0.6 is 0 Å². The zero-order chi connectivity index (χ0) is 11.0. The Morgan fingerprint density at radius 1 is 1.36 bits per heavy atom. The highest BCUT2D eigenvalue weighted by atomic mass is 16.3. The molecule has 0 fully saturated rings. The summed E-state index contributed by atoms with van der Waals surface area (Å²) in [5.41, 5.74) is 0. The molecule has 0 bridgehead atoms. The molecule has 0 rings (SSSR count). The SMILES string of the molecule is CC(O)CC(C)NC(=O)CCCCO. The van der Waals surface area contributed by atoms with Crippen LogP contribution in [0.4, 0.5) is 0 Å². The molecule has 2 unspecified atom stereocenters. The third-order valence-corrected chi connectivity index (χ3v) is 1.91. The van der Waals surface area contributed by atoms with Crippen LogP contribution in [-0.4, -0.2) is 34.9 Å². The van der Waals surface area contributed by atoms with Gasteiger partial charge in [-0.2, -0.15) is 0 Å². The first-order chi connectivity index (χ1) is 6.56. The van der Waals surface area contributed by atoms with E-state index in [-0.39, 0.29) is 24.7 Å². The quantitative estimate of drug-likeness (QED) is 0.525. The lowest BCUT2D eigenvalue weighted by Gasteiger charge is -2.15. The van der Waals surface area contributed by atoms with E-state index in [9.17, 15) is 4.79 Å². The molecule has 1 amide bonds.